The predicted molar refractivity (Wildman–Crippen MR) is 234 cm³/mol. The van der Waals surface area contributed by atoms with Gasteiger partial charge in [-0.15, -0.1) is 10.2 Å². The molecule has 0 saturated carbocycles. The van der Waals surface area contributed by atoms with E-state index in [0.717, 1.165) is 48.5 Å². The van der Waals surface area contributed by atoms with Gasteiger partial charge in [0.15, 0.2) is 0 Å². The number of nitrogens with two attached hydrogens (primary N) is 2. The molecule has 0 aromatic heterocycles. The number of aliphatic imine (C=N–C) groups is 2. The van der Waals surface area contributed by atoms with Gasteiger partial charge < -0.3 is 20.4 Å². The Morgan fingerprint density at radius 2 is 0.848 bits per heavy atom. The van der Waals surface area contributed by atoms with Gasteiger partial charge in [0.25, 0.3) is 11.4 Å². The molecule has 28 heteroatoms. The van der Waals surface area contributed by atoms with Crippen LogP contribution in [0.4, 0.5) is 45.5 Å². The molecule has 0 aliphatic rings. The number of halogens is 2. The third kappa shape index (κ3) is 14.7. The number of nitrogens with zero attached hydrogens (tertiary/aromatic N) is 8. The van der Waals surface area contributed by atoms with Crippen molar-refractivity contribution in [2.75, 3.05) is 0 Å². The maximum atomic E-state index is 11.5. The Bertz CT molecular complexity index is 2970. The van der Waals surface area contributed by atoms with E-state index >= 15 is 0 Å². The fourth-order valence-electron chi connectivity index (χ4n) is 4.86. The van der Waals surface area contributed by atoms with Crippen LogP contribution in [0.5, 0.6) is 23.0 Å². The van der Waals surface area contributed by atoms with E-state index in [0.29, 0.717) is 11.4 Å². The standard InChI is InChI=1S/2C19H14ClN5O6S.Cr.Li/c2*20-15-8-13(25(28)29)2-4-16(15)24-23-12-1-5-18(26)11(7-12)10-22-17-9-14(32(21,30)31)3-6-19(17)27;;/h2*1-10,26-27H,(H2,21,30,31);;/q;;;+1. The minimum Gasteiger partial charge on any atom is -0.507 e. The maximum absolute atomic E-state index is 11.5. The molecule has 334 valence electrons. The molecule has 0 aliphatic carbocycles. The topological polar surface area (TPSA) is 362 Å². The summed E-state index contributed by atoms with van der Waals surface area (Å²) in [5.74, 6) is -0.917. The smallest absolute Gasteiger partial charge is 0.507 e. The van der Waals surface area contributed by atoms with Crippen molar-refractivity contribution in [3.8, 4) is 23.0 Å². The van der Waals surface area contributed by atoms with Crippen molar-refractivity contribution in [1.82, 2.24) is 0 Å². The average molecular weight is 1010 g/mol. The summed E-state index contributed by atoms with van der Waals surface area (Å²) in [7, 11) is -7.99. The summed E-state index contributed by atoms with van der Waals surface area (Å²) in [6.45, 7) is 0. The summed E-state index contributed by atoms with van der Waals surface area (Å²) in [5, 5.41) is 87.5. The van der Waals surface area contributed by atoms with E-state index in [4.69, 9.17) is 33.5 Å². The van der Waals surface area contributed by atoms with Gasteiger partial charge in [-0.25, -0.2) is 27.1 Å². The van der Waals surface area contributed by atoms with E-state index in [2.05, 4.69) is 30.4 Å². The Morgan fingerprint density at radius 3 is 1.17 bits per heavy atom. The number of hydrogen-bond acceptors (Lipinski definition) is 18. The molecule has 0 bridgehead atoms. The molecule has 0 heterocycles. The monoisotopic (exact) mass is 1010 g/mol. The SMILES string of the molecule is NS(=O)(=O)c1ccc(O)c(N=Cc2cc(N=Nc3ccc([N+](=O)[O-])cc3Cl)ccc2O)c1.NS(=O)(=O)c1ccc(O)c(N=Cc2cc(N=Nc3ccc([N+](=O)[O-])cc3Cl)ccc2O)c1.[Cr].[Li+]. The van der Waals surface area contributed by atoms with Crippen LogP contribution in [0.1, 0.15) is 11.1 Å². The molecule has 0 radical (unpaired) electrons. The third-order valence-electron chi connectivity index (χ3n) is 8.09. The molecular weight excluding hydrogens is 982 g/mol. The Hall–Kier alpha value is -6.61. The number of hydrogen-bond donors (Lipinski definition) is 6. The van der Waals surface area contributed by atoms with E-state index < -0.39 is 29.9 Å². The number of primary sulfonamides is 2. The quantitative estimate of drug-likeness (QED) is 0.0272. The molecule has 22 nitrogen and oxygen atoms in total. The summed E-state index contributed by atoms with van der Waals surface area (Å²) < 4.78 is 45.9. The van der Waals surface area contributed by atoms with Gasteiger partial charge in [0, 0.05) is 65.2 Å². The Labute approximate surface area is 406 Å². The molecular formula is C38H28Cl2CrLiN10O12S2+. The molecule has 66 heavy (non-hydrogen) atoms. The first-order chi connectivity index (χ1) is 30.1. The molecule has 0 saturated heterocycles. The van der Waals surface area contributed by atoms with Crippen molar-refractivity contribution in [1.29, 1.82) is 0 Å². The van der Waals surface area contributed by atoms with E-state index in [1.807, 2.05) is 0 Å². The number of phenols is 4. The van der Waals surface area contributed by atoms with Gasteiger partial charge in [0.2, 0.25) is 20.0 Å². The zero-order valence-corrected chi connectivity index (χ0v) is 37.7. The summed E-state index contributed by atoms with van der Waals surface area (Å²) in [6, 6.07) is 22.5. The van der Waals surface area contributed by atoms with Gasteiger partial charge in [-0.3, -0.25) is 30.2 Å². The largest absolute Gasteiger partial charge is 1.00 e. The van der Waals surface area contributed by atoms with Crippen LogP contribution in [-0.2, 0) is 37.4 Å². The molecule has 0 fully saturated rings. The van der Waals surface area contributed by atoms with E-state index in [1.165, 1.54) is 73.1 Å². The Morgan fingerprint density at radius 1 is 0.500 bits per heavy atom. The van der Waals surface area contributed by atoms with Gasteiger partial charge in [-0.2, -0.15) is 10.2 Å². The average Bonchev–Trinajstić information content (AvgIpc) is 3.23. The van der Waals surface area contributed by atoms with Gasteiger partial charge in [0.1, 0.15) is 45.7 Å². The van der Waals surface area contributed by atoms with Crippen LogP contribution in [0, 0.1) is 20.2 Å². The number of non-ortho nitro benzene ring substituents is 2. The van der Waals surface area contributed by atoms with Crippen molar-refractivity contribution in [2.24, 2.45) is 40.7 Å². The van der Waals surface area contributed by atoms with Crippen molar-refractivity contribution in [2.45, 2.75) is 9.79 Å². The molecule has 0 aliphatic heterocycles. The van der Waals surface area contributed by atoms with Gasteiger partial charge in [-0.05, 0) is 84.9 Å². The second kappa shape index (κ2) is 23.0. The first kappa shape index (κ1) is 53.7. The molecule has 0 atom stereocenters. The van der Waals surface area contributed by atoms with Crippen LogP contribution in [0.25, 0.3) is 0 Å². The van der Waals surface area contributed by atoms with Crippen LogP contribution < -0.4 is 29.1 Å². The van der Waals surface area contributed by atoms with Crippen molar-refractivity contribution in [3.05, 3.63) is 151 Å². The van der Waals surface area contributed by atoms with Crippen molar-refractivity contribution in [3.63, 3.8) is 0 Å². The van der Waals surface area contributed by atoms with Gasteiger partial charge in [0.05, 0.1) is 41.1 Å². The molecule has 6 aromatic carbocycles. The first-order valence-electron chi connectivity index (χ1n) is 17.3. The number of sulfonamides is 2. The minimum absolute atomic E-state index is 0. The third-order valence-corrected chi connectivity index (χ3v) is 10.5. The fraction of sp³-hybridized carbons (Fsp3) is 0. The fourth-order valence-corrected chi connectivity index (χ4v) is 6.36. The number of nitro benzene ring substituents is 2. The number of benzene rings is 6. The summed E-state index contributed by atoms with van der Waals surface area (Å²) in [5.41, 5.74) is 0.825. The van der Waals surface area contributed by atoms with Gasteiger partial charge in [-0.1, -0.05) is 23.2 Å². The Kier molecular flexibility index (Phi) is 18.7. The molecule has 8 N–H and O–H groups in total. The van der Waals surface area contributed by atoms with Crippen molar-refractivity contribution < 1.29 is 83.3 Å². The number of phenolic OH excluding ortho intramolecular Hbond substituents is 4. The van der Waals surface area contributed by atoms with Crippen LogP contribution in [0.2, 0.25) is 10.0 Å². The van der Waals surface area contributed by atoms with E-state index in [9.17, 15) is 57.5 Å². The zero-order valence-electron chi connectivity index (χ0n) is 33.3. The molecule has 0 spiro atoms. The van der Waals surface area contributed by atoms with E-state index in [1.54, 1.807) is 0 Å². The van der Waals surface area contributed by atoms with Crippen LogP contribution >= 0.6 is 23.2 Å². The normalized spacial score (nSPS) is 11.6. The van der Waals surface area contributed by atoms with Crippen molar-refractivity contribution >= 4 is 101 Å². The van der Waals surface area contributed by atoms with E-state index in [-0.39, 0.29) is 124 Å². The number of nitro groups is 2. The molecule has 0 unspecified atom stereocenters. The zero-order chi connectivity index (χ0) is 46.9. The van der Waals surface area contributed by atoms with Crippen LogP contribution in [0.15, 0.2) is 149 Å². The molecule has 6 rings (SSSR count). The first-order valence-corrected chi connectivity index (χ1v) is 21.1. The predicted octanol–water partition coefficient (Wildman–Crippen LogP) is 5.95. The second-order valence-corrected chi connectivity index (χ2v) is 16.5. The molecule has 0 amide bonds. The summed E-state index contributed by atoms with van der Waals surface area (Å²) in [4.78, 5) is 27.9. The van der Waals surface area contributed by atoms with Gasteiger partial charge >= 0.3 is 18.9 Å². The Balaban J connectivity index is 0.000000340. The number of azo groups is 2. The summed E-state index contributed by atoms with van der Waals surface area (Å²) >= 11 is 12.0. The number of aromatic hydroxyl groups is 4. The maximum Gasteiger partial charge on any atom is 1.00 e. The van der Waals surface area contributed by atoms with Crippen LogP contribution in [-0.4, -0.2) is 59.5 Å². The summed E-state index contributed by atoms with van der Waals surface area (Å²) in [6.07, 6.45) is 2.38. The number of rotatable bonds is 12. The van der Waals surface area contributed by atoms with Crippen LogP contribution in [0.3, 0.4) is 0 Å². The minimum atomic E-state index is -3.99. The second-order valence-electron chi connectivity index (χ2n) is 12.6. The molecule has 6 aromatic rings.